The van der Waals surface area contributed by atoms with Crippen LogP contribution in [0.2, 0.25) is 0 Å². The van der Waals surface area contributed by atoms with Gasteiger partial charge in [0.05, 0.1) is 0 Å². The smallest absolute Gasteiger partial charge is 0 e. The van der Waals surface area contributed by atoms with Crippen LogP contribution in [0.25, 0.3) is 5.53 Å². The van der Waals surface area contributed by atoms with Crippen LogP contribution in [-0.4, -0.2) is 26.8 Å². The van der Waals surface area contributed by atoms with Crippen LogP contribution < -0.4 is 17.1 Å². The van der Waals surface area contributed by atoms with E-state index in [1.807, 2.05) is 32.9 Å². The van der Waals surface area contributed by atoms with E-state index in [4.69, 9.17) is 5.53 Å². The molecule has 0 aliphatic rings. The fraction of sp³-hybridized carbons (Fsp3) is 1.00. The summed E-state index contributed by atoms with van der Waals surface area (Å²) in [6, 6.07) is 0. The summed E-state index contributed by atoms with van der Waals surface area (Å²) in [6.07, 6.45) is 0. The maximum absolute atomic E-state index is 6.97. The maximum atomic E-state index is 6.97. The summed E-state index contributed by atoms with van der Waals surface area (Å²) < 4.78 is 0. The van der Waals surface area contributed by atoms with E-state index in [2.05, 4.69) is 17.1 Å². The number of hydrogen-bond acceptors (Lipinski definition) is 3. The normalized spacial score (nSPS) is 3.82. The van der Waals surface area contributed by atoms with E-state index in [0.29, 0.717) is 0 Å². The number of rotatable bonds is 0. The van der Waals surface area contributed by atoms with Crippen LogP contribution in [-0.2, 0) is 0 Å². The van der Waals surface area contributed by atoms with Gasteiger partial charge in [-0.1, -0.05) is 27.7 Å². The maximum Gasteiger partial charge on any atom is 0 e. The third-order valence-corrected chi connectivity index (χ3v) is 0. The fourth-order valence-electron chi connectivity index (χ4n) is 0. The first-order valence-electron chi connectivity index (χ1n) is 3.25. The van der Waals surface area contributed by atoms with Gasteiger partial charge in [0.2, 0.25) is 0 Å². The average Bonchev–Trinajstić information content (AvgIpc) is 1.99. The summed E-state index contributed by atoms with van der Waals surface area (Å²) >= 11 is 0. The zero-order valence-electron chi connectivity index (χ0n) is 8.13. The van der Waals surface area contributed by atoms with Crippen LogP contribution in [0.5, 0.6) is 0 Å². The van der Waals surface area contributed by atoms with Crippen molar-refractivity contribution in [2.45, 2.75) is 27.7 Å². The molecular formula is C5H20GaN5-. The van der Waals surface area contributed by atoms with Gasteiger partial charge in [0.1, 0.15) is 0 Å². The van der Waals surface area contributed by atoms with Crippen molar-refractivity contribution in [3.8, 4) is 0 Å². The number of nitrogens with two attached hydrogens (primary N) is 2. The molecule has 0 atom stereocenters. The van der Waals surface area contributed by atoms with E-state index in [-0.39, 0.29) is 19.8 Å². The third kappa shape index (κ3) is 331000. The molecule has 0 aromatic carbocycles. The molecule has 0 aromatic rings. The van der Waals surface area contributed by atoms with E-state index in [0.717, 1.165) is 0 Å². The molecule has 3 radical (unpaired) electrons. The Balaban J connectivity index is -0.0000000144. The Morgan fingerprint density at radius 3 is 1.18 bits per heavy atom. The number of hydrazine groups is 1. The van der Waals surface area contributed by atoms with Gasteiger partial charge in [-0.3, -0.25) is 16.5 Å². The molecule has 0 spiro atoms. The molecule has 0 heterocycles. The minimum Gasteiger partial charge on any atom is -0.427 e. The molecule has 0 aliphatic carbocycles. The van der Waals surface area contributed by atoms with Crippen molar-refractivity contribution in [3.63, 3.8) is 0 Å². The Kier molecular flexibility index (Phi) is 581. The van der Waals surface area contributed by atoms with Crippen molar-refractivity contribution in [2.24, 2.45) is 16.9 Å². The van der Waals surface area contributed by atoms with Crippen LogP contribution in [0, 0.1) is 0 Å². The molecule has 0 bridgehead atoms. The predicted molar refractivity (Wildman–Crippen MR) is 51.7 cm³/mol. The molecular weight excluding hydrogens is 200 g/mol. The average molecular weight is 220 g/mol. The van der Waals surface area contributed by atoms with Crippen molar-refractivity contribution in [3.05, 3.63) is 5.53 Å². The van der Waals surface area contributed by atoms with Crippen molar-refractivity contribution in [1.82, 2.24) is 5.43 Å². The molecule has 0 saturated carbocycles. The summed E-state index contributed by atoms with van der Waals surface area (Å²) in [5.41, 5.74) is 9.22. The van der Waals surface area contributed by atoms with Gasteiger partial charge in [-0.2, -0.15) is 0 Å². The molecule has 69 valence electrons. The second-order valence-electron chi connectivity index (χ2n) is 0.404. The summed E-state index contributed by atoms with van der Waals surface area (Å²) in [5, 5.41) is 2.00. The molecule has 0 aromatic heterocycles. The number of nitrogens with zero attached hydrogens (tertiary/aromatic N) is 2. The Morgan fingerprint density at radius 2 is 1.18 bits per heavy atom. The van der Waals surface area contributed by atoms with E-state index in [9.17, 15) is 0 Å². The van der Waals surface area contributed by atoms with E-state index >= 15 is 0 Å². The van der Waals surface area contributed by atoms with E-state index < -0.39 is 0 Å². The Morgan fingerprint density at radius 1 is 1.18 bits per heavy atom. The fourth-order valence-corrected chi connectivity index (χ4v) is 0. The van der Waals surface area contributed by atoms with Gasteiger partial charge in [0.15, 0.2) is 0 Å². The number of nitrogens with one attached hydrogen (secondary N) is 1. The standard InChI is InChI=1S/2C2H6.CH6N2.Ga.H2N3/c2*1-2;1-3-2;;1-3-2/h2*1-2H3;3H,2H2,1H3;;(H2-,1,2)/q;;;;-1. The van der Waals surface area contributed by atoms with Gasteiger partial charge in [-0.25, -0.2) is 0 Å². The van der Waals surface area contributed by atoms with Gasteiger partial charge in [0, 0.05) is 19.8 Å². The zero-order valence-corrected chi connectivity index (χ0v) is 10.5. The molecule has 0 fully saturated rings. The summed E-state index contributed by atoms with van der Waals surface area (Å²) in [6.45, 7) is 8.00. The summed E-state index contributed by atoms with van der Waals surface area (Å²) in [7, 11) is 1.65. The molecule has 0 amide bonds. The molecule has 0 unspecified atom stereocenters. The largest absolute Gasteiger partial charge is 0.427 e. The first-order chi connectivity index (χ1) is 4.83. The zero-order chi connectivity index (χ0) is 9.41. The van der Waals surface area contributed by atoms with Crippen molar-refractivity contribution in [2.75, 3.05) is 7.05 Å². The Bertz CT molecular complexity index is 28.8. The van der Waals surface area contributed by atoms with Crippen molar-refractivity contribution < 1.29 is 0 Å². The van der Waals surface area contributed by atoms with Crippen molar-refractivity contribution >= 4 is 19.8 Å². The van der Waals surface area contributed by atoms with Crippen molar-refractivity contribution in [1.29, 1.82) is 0 Å². The van der Waals surface area contributed by atoms with Crippen LogP contribution in [0.15, 0.2) is 5.22 Å². The minimum atomic E-state index is 0. The third-order valence-electron chi connectivity index (χ3n) is 0. The Labute approximate surface area is 82.8 Å². The minimum absolute atomic E-state index is 0. The quantitative estimate of drug-likeness (QED) is 0.241. The van der Waals surface area contributed by atoms with Gasteiger partial charge < -0.3 is 11.4 Å². The molecule has 0 aliphatic heterocycles. The van der Waals surface area contributed by atoms with Crippen LogP contribution in [0.3, 0.4) is 0 Å². The van der Waals surface area contributed by atoms with Gasteiger partial charge in [0.25, 0.3) is 0 Å². The van der Waals surface area contributed by atoms with Gasteiger partial charge >= 0.3 is 0 Å². The van der Waals surface area contributed by atoms with E-state index in [1.165, 1.54) is 0 Å². The summed E-state index contributed by atoms with van der Waals surface area (Å²) in [5.74, 6) is 8.62. The first kappa shape index (κ1) is 30.6. The SMILES string of the molecule is CC.CC.CNN.[Ga].[N-]=NN. The molecule has 0 rings (SSSR count). The molecule has 0 saturated heterocycles. The Hall–Kier alpha value is -0.0436. The van der Waals surface area contributed by atoms with Crippen LogP contribution in [0.1, 0.15) is 27.7 Å². The monoisotopic (exact) mass is 219 g/mol. The van der Waals surface area contributed by atoms with Crippen LogP contribution in [0.4, 0.5) is 0 Å². The van der Waals surface area contributed by atoms with Crippen LogP contribution >= 0.6 is 0 Å². The second-order valence-corrected chi connectivity index (χ2v) is 0.404. The molecule has 11 heavy (non-hydrogen) atoms. The summed E-state index contributed by atoms with van der Waals surface area (Å²) in [4.78, 5) is 0. The first-order valence-corrected chi connectivity index (χ1v) is 3.25. The number of hydrogen-bond donors (Lipinski definition) is 3. The topological polar surface area (TPSA) is 98.7 Å². The second kappa shape index (κ2) is 209. The van der Waals surface area contributed by atoms with E-state index in [1.54, 1.807) is 7.05 Å². The van der Waals surface area contributed by atoms with Gasteiger partial charge in [-0.05, 0) is 7.05 Å². The molecule has 6 heteroatoms. The predicted octanol–water partition coefficient (Wildman–Crippen LogP) is 0.633. The van der Waals surface area contributed by atoms with Gasteiger partial charge in [-0.15, -0.1) is 0 Å². The molecule has 5 N–H and O–H groups in total. The molecule has 5 nitrogen and oxygen atoms in total.